The Morgan fingerprint density at radius 2 is 1.93 bits per heavy atom. The summed E-state index contributed by atoms with van der Waals surface area (Å²) in [6.45, 7) is 3.61. The molecule has 0 spiro atoms. The molecule has 3 rings (SSSR count). The second-order valence-electron chi connectivity index (χ2n) is 5.79. The number of hydrogen-bond acceptors (Lipinski definition) is 6. The van der Waals surface area contributed by atoms with Gasteiger partial charge in [-0.15, -0.1) is 0 Å². The van der Waals surface area contributed by atoms with E-state index in [1.807, 2.05) is 6.92 Å². The van der Waals surface area contributed by atoms with Gasteiger partial charge in [0.15, 0.2) is 5.17 Å². The van der Waals surface area contributed by atoms with Crippen molar-refractivity contribution in [3.8, 4) is 5.75 Å². The summed E-state index contributed by atoms with van der Waals surface area (Å²) >= 11 is 1.45. The summed E-state index contributed by atoms with van der Waals surface area (Å²) in [4.78, 5) is 29.2. The molecule has 0 bridgehead atoms. The molecule has 0 unspecified atom stereocenters. The first kappa shape index (κ1) is 18.9. The number of amidine groups is 1. The lowest BCUT2D eigenvalue weighted by molar-refractivity contribution is -0.384. The number of non-ortho nitro benzene ring substituents is 1. The van der Waals surface area contributed by atoms with E-state index in [2.05, 4.69) is 4.99 Å². The number of carbonyl (C=O) groups is 1. The van der Waals surface area contributed by atoms with Gasteiger partial charge in [-0.25, -0.2) is 0 Å². The fourth-order valence-corrected chi connectivity index (χ4v) is 3.62. The number of nitro benzene ring substituents is 1. The summed E-state index contributed by atoms with van der Waals surface area (Å²) in [5, 5.41) is 11.4. The summed E-state index contributed by atoms with van der Waals surface area (Å²) < 4.78 is 5.40. The van der Waals surface area contributed by atoms with Crippen molar-refractivity contribution in [2.75, 3.05) is 19.7 Å². The molecule has 27 heavy (non-hydrogen) atoms. The van der Waals surface area contributed by atoms with Crippen LogP contribution in [-0.2, 0) is 5.75 Å². The van der Waals surface area contributed by atoms with Gasteiger partial charge in [-0.05, 0) is 36.8 Å². The smallest absolute Gasteiger partial charge is 0.269 e. The molecule has 0 saturated carbocycles. The van der Waals surface area contributed by atoms with Gasteiger partial charge in [0.25, 0.3) is 11.6 Å². The SMILES string of the molecule is CCOc1ccc(C(=O)N2CCN=C2SCc2ccc([N+](=O)[O-])cc2)cc1. The van der Waals surface area contributed by atoms with Gasteiger partial charge in [0.2, 0.25) is 0 Å². The van der Waals surface area contributed by atoms with E-state index in [1.165, 1.54) is 23.9 Å². The molecule has 8 heteroatoms. The van der Waals surface area contributed by atoms with Gasteiger partial charge in [-0.2, -0.15) is 0 Å². The highest BCUT2D eigenvalue weighted by Gasteiger charge is 2.25. The first-order valence-electron chi connectivity index (χ1n) is 8.54. The largest absolute Gasteiger partial charge is 0.494 e. The minimum Gasteiger partial charge on any atom is -0.494 e. The van der Waals surface area contributed by atoms with E-state index >= 15 is 0 Å². The van der Waals surface area contributed by atoms with Crippen molar-refractivity contribution < 1.29 is 14.5 Å². The first-order chi connectivity index (χ1) is 13.1. The molecule has 2 aromatic carbocycles. The Morgan fingerprint density at radius 3 is 2.56 bits per heavy atom. The maximum atomic E-state index is 12.8. The zero-order chi connectivity index (χ0) is 19.2. The Labute approximate surface area is 161 Å². The molecule has 0 aromatic heterocycles. The van der Waals surface area contributed by atoms with Crippen LogP contribution in [0.2, 0.25) is 0 Å². The van der Waals surface area contributed by atoms with Gasteiger partial charge in [0.1, 0.15) is 5.75 Å². The highest BCUT2D eigenvalue weighted by Crippen LogP contribution is 2.23. The number of nitrogens with zero attached hydrogens (tertiary/aromatic N) is 3. The van der Waals surface area contributed by atoms with Crippen LogP contribution in [0.5, 0.6) is 5.75 Å². The molecular formula is C19H19N3O4S. The number of nitro groups is 1. The second kappa shape index (κ2) is 8.68. The standard InChI is InChI=1S/C19H19N3O4S/c1-2-26-17-9-5-15(6-10-17)18(23)21-12-11-20-19(21)27-13-14-3-7-16(8-4-14)22(24)25/h3-10H,2,11-13H2,1H3. The van der Waals surface area contributed by atoms with Crippen molar-refractivity contribution in [1.29, 1.82) is 0 Å². The van der Waals surface area contributed by atoms with Crippen LogP contribution in [0.25, 0.3) is 0 Å². The molecule has 1 heterocycles. The number of benzene rings is 2. The van der Waals surface area contributed by atoms with E-state index in [1.54, 1.807) is 41.3 Å². The Balaban J connectivity index is 1.62. The van der Waals surface area contributed by atoms with E-state index < -0.39 is 4.92 Å². The average Bonchev–Trinajstić information content (AvgIpc) is 3.15. The predicted octanol–water partition coefficient (Wildman–Crippen LogP) is 3.74. The van der Waals surface area contributed by atoms with Gasteiger partial charge >= 0.3 is 0 Å². The normalized spacial score (nSPS) is 13.4. The average molecular weight is 385 g/mol. The minimum absolute atomic E-state index is 0.0641. The molecule has 7 nitrogen and oxygen atoms in total. The fourth-order valence-electron chi connectivity index (χ4n) is 2.62. The molecule has 0 fully saturated rings. The van der Waals surface area contributed by atoms with Crippen molar-refractivity contribution in [1.82, 2.24) is 4.90 Å². The summed E-state index contributed by atoms with van der Waals surface area (Å²) in [7, 11) is 0. The quantitative estimate of drug-likeness (QED) is 0.559. The lowest BCUT2D eigenvalue weighted by Gasteiger charge is -2.18. The summed E-state index contributed by atoms with van der Waals surface area (Å²) in [6.07, 6.45) is 0. The van der Waals surface area contributed by atoms with Crippen molar-refractivity contribution in [2.24, 2.45) is 4.99 Å². The molecule has 140 valence electrons. The molecule has 1 aliphatic rings. The van der Waals surface area contributed by atoms with Gasteiger partial charge < -0.3 is 4.74 Å². The number of rotatable bonds is 6. The highest BCUT2D eigenvalue weighted by molar-refractivity contribution is 8.13. The molecule has 0 atom stereocenters. The highest BCUT2D eigenvalue weighted by atomic mass is 32.2. The summed E-state index contributed by atoms with van der Waals surface area (Å²) in [5.41, 5.74) is 1.59. The number of carbonyl (C=O) groups excluding carboxylic acids is 1. The molecule has 1 aliphatic heterocycles. The van der Waals surface area contributed by atoms with Crippen LogP contribution in [0.4, 0.5) is 5.69 Å². The topological polar surface area (TPSA) is 85.0 Å². The molecule has 0 N–H and O–H groups in total. The van der Waals surface area contributed by atoms with Crippen LogP contribution >= 0.6 is 11.8 Å². The van der Waals surface area contributed by atoms with Crippen LogP contribution in [-0.4, -0.2) is 40.6 Å². The number of ether oxygens (including phenoxy) is 1. The Kier molecular flexibility index (Phi) is 6.08. The summed E-state index contributed by atoms with van der Waals surface area (Å²) in [5.74, 6) is 1.23. The predicted molar refractivity (Wildman–Crippen MR) is 105 cm³/mol. The fraction of sp³-hybridized carbons (Fsp3) is 0.263. The number of amides is 1. The van der Waals surface area contributed by atoms with Crippen LogP contribution < -0.4 is 4.74 Å². The van der Waals surface area contributed by atoms with Crippen LogP contribution in [0, 0.1) is 10.1 Å². The zero-order valence-corrected chi connectivity index (χ0v) is 15.6. The third-order valence-electron chi connectivity index (χ3n) is 3.97. The van der Waals surface area contributed by atoms with Crippen molar-refractivity contribution in [3.05, 3.63) is 69.8 Å². The molecule has 2 aromatic rings. The van der Waals surface area contributed by atoms with Crippen molar-refractivity contribution >= 4 is 28.5 Å². The van der Waals surface area contributed by atoms with Crippen LogP contribution in [0.3, 0.4) is 0 Å². The Morgan fingerprint density at radius 1 is 1.22 bits per heavy atom. The van der Waals surface area contributed by atoms with E-state index in [-0.39, 0.29) is 11.6 Å². The monoisotopic (exact) mass is 385 g/mol. The van der Waals surface area contributed by atoms with Gasteiger partial charge in [-0.1, -0.05) is 23.9 Å². The van der Waals surface area contributed by atoms with E-state index in [0.29, 0.717) is 36.2 Å². The van der Waals surface area contributed by atoms with Gasteiger partial charge in [0, 0.05) is 30.0 Å². The van der Waals surface area contributed by atoms with Crippen LogP contribution in [0.15, 0.2) is 53.5 Å². The van der Waals surface area contributed by atoms with E-state index in [9.17, 15) is 14.9 Å². The molecule has 0 radical (unpaired) electrons. The number of thioether (sulfide) groups is 1. The molecule has 0 saturated heterocycles. The minimum atomic E-state index is -0.421. The van der Waals surface area contributed by atoms with Crippen LogP contribution in [0.1, 0.15) is 22.8 Å². The number of aliphatic imine (C=N–C) groups is 1. The summed E-state index contributed by atoms with van der Waals surface area (Å²) in [6, 6.07) is 13.5. The lowest BCUT2D eigenvalue weighted by Crippen LogP contribution is -2.32. The van der Waals surface area contributed by atoms with E-state index in [0.717, 1.165) is 11.3 Å². The number of hydrogen-bond donors (Lipinski definition) is 0. The molecule has 0 aliphatic carbocycles. The van der Waals surface area contributed by atoms with Gasteiger partial charge in [-0.3, -0.25) is 24.8 Å². The van der Waals surface area contributed by atoms with Crippen molar-refractivity contribution in [3.63, 3.8) is 0 Å². The zero-order valence-electron chi connectivity index (χ0n) is 14.8. The third kappa shape index (κ3) is 4.65. The van der Waals surface area contributed by atoms with Crippen molar-refractivity contribution in [2.45, 2.75) is 12.7 Å². The van der Waals surface area contributed by atoms with E-state index in [4.69, 9.17) is 4.74 Å². The first-order valence-corrected chi connectivity index (χ1v) is 9.52. The third-order valence-corrected chi connectivity index (χ3v) is 5.06. The lowest BCUT2D eigenvalue weighted by atomic mass is 10.2. The maximum absolute atomic E-state index is 12.8. The molecule has 1 amide bonds. The second-order valence-corrected chi connectivity index (χ2v) is 6.73. The van der Waals surface area contributed by atoms with Gasteiger partial charge in [0.05, 0.1) is 18.1 Å². The molecular weight excluding hydrogens is 366 g/mol. The Bertz CT molecular complexity index is 850. The Hall–Kier alpha value is -2.87. The maximum Gasteiger partial charge on any atom is 0.269 e.